The van der Waals surface area contributed by atoms with Gasteiger partial charge in [0.15, 0.2) is 17.5 Å². The number of thiazole rings is 1. The fourth-order valence-corrected chi connectivity index (χ4v) is 4.06. The fraction of sp³-hybridized carbons (Fsp3) is 0.333. The van der Waals surface area contributed by atoms with Crippen molar-refractivity contribution in [2.45, 2.75) is 6.04 Å². The number of rotatable bonds is 3. The van der Waals surface area contributed by atoms with Gasteiger partial charge in [-0.1, -0.05) is 11.3 Å². The van der Waals surface area contributed by atoms with Gasteiger partial charge in [0.2, 0.25) is 10.8 Å². The highest BCUT2D eigenvalue weighted by Gasteiger charge is 2.31. The Balaban J connectivity index is 1.87. The van der Waals surface area contributed by atoms with E-state index in [4.69, 9.17) is 4.74 Å². The van der Waals surface area contributed by atoms with Crippen molar-refractivity contribution in [3.8, 4) is 5.88 Å². The molecule has 10 heteroatoms. The van der Waals surface area contributed by atoms with Crippen molar-refractivity contribution in [2.75, 3.05) is 26.3 Å². The maximum absolute atomic E-state index is 13.8. The van der Waals surface area contributed by atoms with E-state index in [1.807, 2.05) is 4.90 Å². The zero-order chi connectivity index (χ0) is 17.6. The normalized spacial score (nSPS) is 17.2. The van der Waals surface area contributed by atoms with Crippen LogP contribution in [0, 0.1) is 17.5 Å². The Hall–Kier alpha value is -2.17. The van der Waals surface area contributed by atoms with Crippen LogP contribution in [0.1, 0.15) is 16.5 Å². The largest absolute Gasteiger partial charge is 0.492 e. The van der Waals surface area contributed by atoms with Crippen molar-refractivity contribution in [2.24, 2.45) is 0 Å². The summed E-state index contributed by atoms with van der Waals surface area (Å²) in [5, 5.41) is 14.4. The molecule has 1 fully saturated rings. The SMILES string of the molecule is Oc1c([C@H](c2cc(F)c(F)c(F)c2)N2CCOCC2)sc2ncnn12. The Labute approximate surface area is 144 Å². The number of benzene rings is 1. The second-order valence-corrected chi connectivity index (χ2v) is 6.60. The fourth-order valence-electron chi connectivity index (χ4n) is 2.97. The van der Waals surface area contributed by atoms with Crippen molar-refractivity contribution in [3.63, 3.8) is 0 Å². The maximum atomic E-state index is 13.8. The third-order valence-corrected chi connectivity index (χ3v) is 5.21. The number of hydrogen-bond acceptors (Lipinski definition) is 6. The highest BCUT2D eigenvalue weighted by atomic mass is 32.1. The van der Waals surface area contributed by atoms with Crippen LogP contribution in [0.15, 0.2) is 18.5 Å². The van der Waals surface area contributed by atoms with Gasteiger partial charge in [0.25, 0.3) is 0 Å². The minimum absolute atomic E-state index is 0.154. The first-order valence-corrected chi connectivity index (χ1v) is 8.35. The predicted octanol–water partition coefficient (Wildman–Crippen LogP) is 2.34. The predicted molar refractivity (Wildman–Crippen MR) is 83.1 cm³/mol. The summed E-state index contributed by atoms with van der Waals surface area (Å²) >= 11 is 1.16. The van der Waals surface area contributed by atoms with Gasteiger partial charge in [-0.3, -0.25) is 4.90 Å². The van der Waals surface area contributed by atoms with E-state index in [1.165, 1.54) is 10.8 Å². The van der Waals surface area contributed by atoms with E-state index in [0.717, 1.165) is 23.5 Å². The Kier molecular flexibility index (Phi) is 4.10. The monoisotopic (exact) mass is 370 g/mol. The van der Waals surface area contributed by atoms with Crippen LogP contribution >= 0.6 is 11.3 Å². The third kappa shape index (κ3) is 2.75. The number of nitrogens with zero attached hydrogens (tertiary/aromatic N) is 4. The first kappa shape index (κ1) is 16.3. The highest BCUT2D eigenvalue weighted by molar-refractivity contribution is 7.17. The molecule has 1 aliphatic rings. The molecule has 3 aromatic rings. The molecule has 0 radical (unpaired) electrons. The second-order valence-electron chi connectivity index (χ2n) is 5.59. The van der Waals surface area contributed by atoms with Crippen LogP contribution in [0.2, 0.25) is 0 Å². The van der Waals surface area contributed by atoms with Crippen molar-refractivity contribution >= 4 is 16.3 Å². The number of morpholine rings is 1. The molecule has 0 unspecified atom stereocenters. The Morgan fingerprint density at radius 2 is 1.84 bits per heavy atom. The van der Waals surface area contributed by atoms with E-state index in [2.05, 4.69) is 10.1 Å². The summed E-state index contributed by atoms with van der Waals surface area (Å²) in [5.41, 5.74) is 0.207. The number of halogens is 3. The molecule has 4 rings (SSSR count). The first-order chi connectivity index (χ1) is 12.1. The van der Waals surface area contributed by atoms with Crippen LogP contribution in [0.5, 0.6) is 5.88 Å². The highest BCUT2D eigenvalue weighted by Crippen LogP contribution is 2.40. The lowest BCUT2D eigenvalue weighted by molar-refractivity contribution is 0.0240. The van der Waals surface area contributed by atoms with Crippen LogP contribution in [-0.2, 0) is 4.74 Å². The van der Waals surface area contributed by atoms with E-state index >= 15 is 0 Å². The summed E-state index contributed by atoms with van der Waals surface area (Å²) in [6, 6.07) is 1.24. The van der Waals surface area contributed by atoms with E-state index in [-0.39, 0.29) is 11.4 Å². The van der Waals surface area contributed by atoms with Gasteiger partial charge >= 0.3 is 0 Å². The van der Waals surface area contributed by atoms with Gasteiger partial charge in [-0.05, 0) is 17.7 Å². The molecule has 0 amide bonds. The average molecular weight is 370 g/mol. The van der Waals surface area contributed by atoms with Gasteiger partial charge < -0.3 is 9.84 Å². The van der Waals surface area contributed by atoms with Gasteiger partial charge in [-0.25, -0.2) is 18.2 Å². The van der Waals surface area contributed by atoms with Crippen LogP contribution < -0.4 is 0 Å². The zero-order valence-corrected chi connectivity index (χ0v) is 13.6. The van der Waals surface area contributed by atoms with Crippen molar-refractivity contribution in [1.29, 1.82) is 0 Å². The van der Waals surface area contributed by atoms with E-state index < -0.39 is 23.5 Å². The molecule has 132 valence electrons. The Morgan fingerprint density at radius 1 is 1.16 bits per heavy atom. The molecule has 0 saturated carbocycles. The smallest absolute Gasteiger partial charge is 0.230 e. The summed E-state index contributed by atoms with van der Waals surface area (Å²) in [4.78, 5) is 6.83. The molecule has 1 atom stereocenters. The van der Waals surface area contributed by atoms with Gasteiger partial charge in [0, 0.05) is 13.1 Å². The summed E-state index contributed by atoms with van der Waals surface area (Å²) in [6.45, 7) is 1.89. The van der Waals surface area contributed by atoms with E-state index in [1.54, 1.807) is 0 Å². The quantitative estimate of drug-likeness (QED) is 0.717. The summed E-state index contributed by atoms with van der Waals surface area (Å²) in [5.74, 6) is -4.21. The molecule has 3 heterocycles. The summed E-state index contributed by atoms with van der Waals surface area (Å²) in [6.07, 6.45) is 1.30. The van der Waals surface area contributed by atoms with Crippen molar-refractivity contribution in [3.05, 3.63) is 46.4 Å². The van der Waals surface area contributed by atoms with Crippen molar-refractivity contribution in [1.82, 2.24) is 19.5 Å². The molecule has 1 saturated heterocycles. The molecule has 6 nitrogen and oxygen atoms in total. The number of hydrogen-bond donors (Lipinski definition) is 1. The number of fused-ring (bicyclic) bond motifs is 1. The molecule has 1 aromatic carbocycles. The van der Waals surface area contributed by atoms with E-state index in [0.29, 0.717) is 36.1 Å². The summed E-state index contributed by atoms with van der Waals surface area (Å²) in [7, 11) is 0. The molecular formula is C15H13F3N4O2S. The molecule has 0 bridgehead atoms. The number of aromatic nitrogens is 3. The molecule has 1 N–H and O–H groups in total. The topological polar surface area (TPSA) is 62.9 Å². The minimum Gasteiger partial charge on any atom is -0.492 e. The lowest BCUT2D eigenvalue weighted by Crippen LogP contribution is -2.39. The molecule has 1 aliphatic heterocycles. The van der Waals surface area contributed by atoms with Gasteiger partial charge in [-0.2, -0.15) is 9.61 Å². The molecule has 0 spiro atoms. The standard InChI is InChI=1S/C15H13F3N4O2S/c16-9-5-8(6-10(17)11(9)18)12(21-1-3-24-4-2-21)13-14(23)22-15(25-13)19-7-20-22/h5-7,12,23H,1-4H2/t12-/m0/s1. The van der Waals surface area contributed by atoms with Gasteiger partial charge in [0.1, 0.15) is 6.33 Å². The molecular weight excluding hydrogens is 357 g/mol. The van der Waals surface area contributed by atoms with Crippen LogP contribution in [-0.4, -0.2) is 50.9 Å². The third-order valence-electron chi connectivity index (χ3n) is 4.12. The van der Waals surface area contributed by atoms with Crippen molar-refractivity contribution < 1.29 is 23.0 Å². The molecule has 25 heavy (non-hydrogen) atoms. The lowest BCUT2D eigenvalue weighted by atomic mass is 10.0. The molecule has 2 aromatic heterocycles. The van der Waals surface area contributed by atoms with Gasteiger partial charge in [0.05, 0.1) is 24.1 Å². The van der Waals surface area contributed by atoms with Gasteiger partial charge in [-0.15, -0.1) is 0 Å². The maximum Gasteiger partial charge on any atom is 0.230 e. The van der Waals surface area contributed by atoms with Crippen LogP contribution in [0.4, 0.5) is 13.2 Å². The minimum atomic E-state index is -1.52. The summed E-state index contributed by atoms with van der Waals surface area (Å²) < 4.78 is 47.5. The number of ether oxygens (including phenoxy) is 1. The number of aromatic hydroxyl groups is 1. The van der Waals surface area contributed by atoms with E-state index in [9.17, 15) is 18.3 Å². The zero-order valence-electron chi connectivity index (χ0n) is 12.8. The Morgan fingerprint density at radius 3 is 2.48 bits per heavy atom. The molecule has 0 aliphatic carbocycles. The first-order valence-electron chi connectivity index (χ1n) is 7.54. The second kappa shape index (κ2) is 6.28. The lowest BCUT2D eigenvalue weighted by Gasteiger charge is -2.34. The van der Waals surface area contributed by atoms with Crippen LogP contribution in [0.3, 0.4) is 0 Å². The average Bonchev–Trinajstić information content (AvgIpc) is 3.18. The Bertz CT molecular complexity index is 900. The van der Waals surface area contributed by atoms with Crippen LogP contribution in [0.25, 0.3) is 4.96 Å².